The molecule has 0 aromatic rings. The Labute approximate surface area is 397 Å². The van der Waals surface area contributed by atoms with E-state index in [1.807, 2.05) is 134 Å². The van der Waals surface area contributed by atoms with E-state index < -0.39 is 6.10 Å². The van der Waals surface area contributed by atoms with Crippen LogP contribution >= 0.6 is 0 Å². The first kappa shape index (κ1) is 60.0. The molecule has 6 heteroatoms. The SMILES string of the molecule is CC\C=C/C=C\C=C/C=C\C=C\C=C/C=C\CCCCCC(=O)OCC(COC(=O)CCCCCCCCCCCCC)OC(=O)CCCCC\C=C/C=C/C=C\C=C/C=C\C=C/CC. The van der Waals surface area contributed by atoms with Gasteiger partial charge in [0.1, 0.15) is 13.2 Å². The molecule has 0 spiro atoms. The molecule has 0 fully saturated rings. The van der Waals surface area contributed by atoms with E-state index in [2.05, 4.69) is 45.1 Å². The maximum atomic E-state index is 12.8. The minimum atomic E-state index is -0.826. The molecular formula is C59H88O6. The molecule has 0 radical (unpaired) electrons. The predicted octanol–water partition coefficient (Wildman–Crippen LogP) is 16.6. The molecule has 0 rings (SSSR count). The first-order chi connectivity index (χ1) is 32.0. The summed E-state index contributed by atoms with van der Waals surface area (Å²) < 4.78 is 16.7. The quantitative estimate of drug-likeness (QED) is 0.0263. The van der Waals surface area contributed by atoms with Crippen molar-refractivity contribution in [2.45, 2.75) is 181 Å². The average molecular weight is 893 g/mol. The highest BCUT2D eigenvalue weighted by atomic mass is 16.6. The molecule has 0 aliphatic heterocycles. The fourth-order valence-corrected chi connectivity index (χ4v) is 6.16. The lowest BCUT2D eigenvalue weighted by Gasteiger charge is -2.18. The van der Waals surface area contributed by atoms with E-state index in [1.54, 1.807) is 0 Å². The molecule has 6 nitrogen and oxygen atoms in total. The van der Waals surface area contributed by atoms with Gasteiger partial charge >= 0.3 is 17.9 Å². The van der Waals surface area contributed by atoms with Gasteiger partial charge in [0.05, 0.1) is 0 Å². The number of hydrogen-bond donors (Lipinski definition) is 0. The molecule has 1 unspecified atom stereocenters. The van der Waals surface area contributed by atoms with Crippen LogP contribution < -0.4 is 0 Å². The summed E-state index contributed by atoms with van der Waals surface area (Å²) in [7, 11) is 0. The Balaban J connectivity index is 4.62. The monoisotopic (exact) mass is 893 g/mol. The maximum Gasteiger partial charge on any atom is 0.306 e. The van der Waals surface area contributed by atoms with E-state index in [9.17, 15) is 14.4 Å². The average Bonchev–Trinajstić information content (AvgIpc) is 3.30. The van der Waals surface area contributed by atoms with Crippen molar-refractivity contribution in [1.82, 2.24) is 0 Å². The Morgan fingerprint density at radius 3 is 0.938 bits per heavy atom. The van der Waals surface area contributed by atoms with Crippen LogP contribution in [0.4, 0.5) is 0 Å². The maximum absolute atomic E-state index is 12.8. The zero-order valence-corrected chi connectivity index (χ0v) is 40.9. The fraction of sp³-hybridized carbons (Fsp3) is 0.508. The minimum Gasteiger partial charge on any atom is -0.462 e. The molecule has 0 heterocycles. The van der Waals surface area contributed by atoms with Gasteiger partial charge in [-0.05, 0) is 57.8 Å². The molecule has 0 aliphatic carbocycles. The first-order valence-electron chi connectivity index (χ1n) is 25.2. The summed E-state index contributed by atoms with van der Waals surface area (Å²) in [6.45, 7) is 6.23. The van der Waals surface area contributed by atoms with Crippen molar-refractivity contribution < 1.29 is 28.6 Å². The minimum absolute atomic E-state index is 0.118. The Hall–Kier alpha value is -4.97. The molecule has 360 valence electrons. The summed E-state index contributed by atoms with van der Waals surface area (Å²) in [5.41, 5.74) is 0. The Morgan fingerprint density at radius 1 is 0.323 bits per heavy atom. The Kier molecular flexibility index (Phi) is 47.7. The number of ether oxygens (including phenoxy) is 3. The normalized spacial score (nSPS) is 13.5. The third-order valence-electron chi connectivity index (χ3n) is 9.88. The van der Waals surface area contributed by atoms with Crippen molar-refractivity contribution in [2.24, 2.45) is 0 Å². The largest absolute Gasteiger partial charge is 0.462 e. The van der Waals surface area contributed by atoms with E-state index in [4.69, 9.17) is 14.2 Å². The standard InChI is InChI=1S/C59H88O6/c1-4-7-10-13-16-19-22-24-26-28-29-31-32-34-37-40-43-46-49-52-58(61)64-55-56(54-63-57(60)51-48-45-42-39-36-21-18-15-12-9-6-3)65-59(62)53-50-47-44-41-38-35-33-30-27-25-23-20-17-14-11-8-5-2/h7-8,10-11,13-14,16-17,19-20,22-35,37-38,56H,4-6,9,12,15,18,21,36,39-55H2,1-3H3/b10-7-,11-8-,16-13-,17-14-,22-19-,23-20-,26-24-,27-25-,29-28+,32-31-,33-30+,37-34-,38-35-. The fourth-order valence-electron chi connectivity index (χ4n) is 6.16. The lowest BCUT2D eigenvalue weighted by Crippen LogP contribution is -2.30. The number of carbonyl (C=O) groups excluding carboxylic acids is 3. The van der Waals surface area contributed by atoms with Crippen molar-refractivity contribution in [2.75, 3.05) is 13.2 Å². The van der Waals surface area contributed by atoms with Crippen LogP contribution in [0.25, 0.3) is 0 Å². The lowest BCUT2D eigenvalue weighted by molar-refractivity contribution is -0.167. The van der Waals surface area contributed by atoms with Crippen LogP contribution in [0, 0.1) is 0 Å². The van der Waals surface area contributed by atoms with Gasteiger partial charge in [-0.25, -0.2) is 0 Å². The molecule has 65 heavy (non-hydrogen) atoms. The molecule has 0 bridgehead atoms. The summed E-state index contributed by atoms with van der Waals surface area (Å²) in [5, 5.41) is 0. The Bertz CT molecular complexity index is 1540. The van der Waals surface area contributed by atoms with Gasteiger partial charge in [-0.3, -0.25) is 14.4 Å². The lowest BCUT2D eigenvalue weighted by atomic mass is 10.1. The van der Waals surface area contributed by atoms with Gasteiger partial charge in [0.25, 0.3) is 0 Å². The number of carbonyl (C=O) groups is 3. The van der Waals surface area contributed by atoms with E-state index >= 15 is 0 Å². The molecule has 0 N–H and O–H groups in total. The second kappa shape index (κ2) is 51.7. The van der Waals surface area contributed by atoms with Crippen LogP contribution in [0.3, 0.4) is 0 Å². The van der Waals surface area contributed by atoms with Crippen LogP contribution in [0.2, 0.25) is 0 Å². The van der Waals surface area contributed by atoms with Crippen LogP contribution in [0.1, 0.15) is 175 Å². The zero-order valence-electron chi connectivity index (χ0n) is 40.9. The molecule has 0 saturated heterocycles. The second-order valence-electron chi connectivity index (χ2n) is 16.0. The molecule has 1 atom stereocenters. The van der Waals surface area contributed by atoms with E-state index in [1.165, 1.54) is 51.4 Å². The summed E-state index contributed by atoms with van der Waals surface area (Å²) in [4.78, 5) is 37.9. The van der Waals surface area contributed by atoms with E-state index in [0.717, 1.165) is 70.6 Å². The first-order valence-corrected chi connectivity index (χ1v) is 25.2. The molecule has 0 amide bonds. The van der Waals surface area contributed by atoms with Gasteiger partial charge in [0.15, 0.2) is 6.10 Å². The number of esters is 3. The number of allylic oxidation sites excluding steroid dienone is 26. The van der Waals surface area contributed by atoms with E-state index in [-0.39, 0.29) is 44.0 Å². The summed E-state index contributed by atoms with van der Waals surface area (Å²) in [5.74, 6) is -1.02. The summed E-state index contributed by atoms with van der Waals surface area (Å²) in [6.07, 6.45) is 75.0. The highest BCUT2D eigenvalue weighted by molar-refractivity contribution is 5.71. The number of hydrogen-bond acceptors (Lipinski definition) is 6. The van der Waals surface area contributed by atoms with Crippen molar-refractivity contribution in [3.05, 3.63) is 158 Å². The van der Waals surface area contributed by atoms with Gasteiger partial charge in [-0.2, -0.15) is 0 Å². The zero-order chi connectivity index (χ0) is 47.2. The number of rotatable bonds is 42. The highest BCUT2D eigenvalue weighted by Crippen LogP contribution is 2.13. The van der Waals surface area contributed by atoms with E-state index in [0.29, 0.717) is 19.3 Å². The molecular weight excluding hydrogens is 805 g/mol. The molecule has 0 aromatic carbocycles. The van der Waals surface area contributed by atoms with Gasteiger partial charge < -0.3 is 14.2 Å². The van der Waals surface area contributed by atoms with Crippen molar-refractivity contribution in [3.63, 3.8) is 0 Å². The van der Waals surface area contributed by atoms with Crippen LogP contribution in [-0.4, -0.2) is 37.2 Å². The van der Waals surface area contributed by atoms with Crippen LogP contribution in [0.15, 0.2) is 158 Å². The van der Waals surface area contributed by atoms with Crippen LogP contribution in [0.5, 0.6) is 0 Å². The smallest absolute Gasteiger partial charge is 0.306 e. The van der Waals surface area contributed by atoms with Gasteiger partial charge in [0.2, 0.25) is 0 Å². The van der Waals surface area contributed by atoms with Gasteiger partial charge in [-0.15, -0.1) is 0 Å². The predicted molar refractivity (Wildman–Crippen MR) is 278 cm³/mol. The summed E-state index contributed by atoms with van der Waals surface area (Å²) in [6, 6.07) is 0. The van der Waals surface area contributed by atoms with Crippen LogP contribution in [-0.2, 0) is 28.6 Å². The Morgan fingerprint density at radius 2 is 0.600 bits per heavy atom. The number of unbranched alkanes of at least 4 members (excludes halogenated alkanes) is 16. The van der Waals surface area contributed by atoms with Crippen molar-refractivity contribution in [3.8, 4) is 0 Å². The molecule has 0 aromatic heterocycles. The third kappa shape index (κ3) is 49.9. The third-order valence-corrected chi connectivity index (χ3v) is 9.88. The van der Waals surface area contributed by atoms with Gasteiger partial charge in [-0.1, -0.05) is 256 Å². The van der Waals surface area contributed by atoms with Crippen molar-refractivity contribution in [1.29, 1.82) is 0 Å². The highest BCUT2D eigenvalue weighted by Gasteiger charge is 2.19. The molecule has 0 aliphatic rings. The topological polar surface area (TPSA) is 78.9 Å². The summed E-state index contributed by atoms with van der Waals surface area (Å²) >= 11 is 0. The second-order valence-corrected chi connectivity index (χ2v) is 16.0. The van der Waals surface area contributed by atoms with Gasteiger partial charge in [0, 0.05) is 19.3 Å². The van der Waals surface area contributed by atoms with Crippen molar-refractivity contribution >= 4 is 17.9 Å². The molecule has 0 saturated carbocycles.